The van der Waals surface area contributed by atoms with Gasteiger partial charge < -0.3 is 10.2 Å². The lowest BCUT2D eigenvalue weighted by Crippen LogP contribution is -2.30. The van der Waals surface area contributed by atoms with Gasteiger partial charge in [0, 0.05) is 22.7 Å². The Morgan fingerprint density at radius 3 is 1.95 bits per heavy atom. The van der Waals surface area contributed by atoms with Crippen LogP contribution in [0, 0.1) is 17.8 Å². The van der Waals surface area contributed by atoms with Crippen molar-refractivity contribution in [2.45, 2.75) is 125 Å². The molecule has 2 aliphatic carbocycles. The summed E-state index contributed by atoms with van der Waals surface area (Å²) in [6.07, 6.45) is 1.26. The molecule has 2 N–H and O–H groups in total. The van der Waals surface area contributed by atoms with Gasteiger partial charge in [-0.05, 0) is 73.0 Å². The van der Waals surface area contributed by atoms with Crippen molar-refractivity contribution in [2.75, 3.05) is 6.26 Å². The minimum absolute atomic E-state index is 0.0592. The Bertz CT molecular complexity index is 1060. The van der Waals surface area contributed by atoms with Gasteiger partial charge in [0.2, 0.25) is 0 Å². The Hall–Kier alpha value is -1.57. The Morgan fingerprint density at radius 1 is 1.05 bits per heavy atom. The molecule has 0 radical (unpaired) electrons. The van der Waals surface area contributed by atoms with Gasteiger partial charge in [-0.3, -0.25) is 4.98 Å². The van der Waals surface area contributed by atoms with Crippen LogP contribution in [0.3, 0.4) is 0 Å². The van der Waals surface area contributed by atoms with Crippen molar-refractivity contribution < 1.29 is 23.4 Å². The van der Waals surface area contributed by atoms with Crippen LogP contribution in [0.4, 0.5) is 13.2 Å². The summed E-state index contributed by atoms with van der Waals surface area (Å²) in [6, 6.07) is 4.66. The van der Waals surface area contributed by atoms with Crippen molar-refractivity contribution in [2.24, 2.45) is 10.8 Å². The first-order chi connectivity index (χ1) is 18.5. The highest BCUT2D eigenvalue weighted by Crippen LogP contribution is 2.47. The van der Waals surface area contributed by atoms with Crippen molar-refractivity contribution in [3.8, 4) is 0 Å². The number of rotatable bonds is 3. The lowest BCUT2D eigenvalue weighted by atomic mass is 9.71. The van der Waals surface area contributed by atoms with E-state index in [4.69, 9.17) is 4.98 Å². The average molecular weight is 584 g/mol. The molecule has 1 aromatic carbocycles. The largest absolute Gasteiger partial charge is 0.416 e. The number of aliphatic hydroxyl groups excluding tert-OH is 2. The highest BCUT2D eigenvalue weighted by molar-refractivity contribution is 7.79. The number of thiol groups is 1. The molecule has 4 rings (SSSR count). The number of aromatic nitrogens is 1. The molecule has 0 bridgehead atoms. The first-order valence-corrected chi connectivity index (χ1v) is 15.4. The maximum atomic E-state index is 12.9. The smallest absolute Gasteiger partial charge is 0.388 e. The molecule has 40 heavy (non-hydrogen) atoms. The molecule has 2 aromatic rings. The quantitative estimate of drug-likeness (QED) is 0.315. The van der Waals surface area contributed by atoms with Gasteiger partial charge in [0.1, 0.15) is 6.10 Å². The Kier molecular flexibility index (Phi) is 13.7. The molecule has 1 heterocycles. The molecular weight excluding hydrogens is 531 g/mol. The lowest BCUT2D eigenvalue weighted by molar-refractivity contribution is -0.137. The minimum Gasteiger partial charge on any atom is -0.388 e. The van der Waals surface area contributed by atoms with Crippen molar-refractivity contribution >= 4 is 12.6 Å². The van der Waals surface area contributed by atoms with E-state index in [1.165, 1.54) is 18.6 Å². The molecule has 0 amide bonds. The van der Waals surface area contributed by atoms with Gasteiger partial charge in [0.25, 0.3) is 0 Å². The topological polar surface area (TPSA) is 53.4 Å². The van der Waals surface area contributed by atoms with Crippen LogP contribution >= 0.6 is 12.6 Å². The summed E-state index contributed by atoms with van der Waals surface area (Å²) in [5.74, 6) is 0.246. The predicted octanol–water partition coefficient (Wildman–Crippen LogP) is 9.78. The second kappa shape index (κ2) is 15.1. The molecule has 1 fully saturated rings. The van der Waals surface area contributed by atoms with E-state index in [1.54, 1.807) is 6.26 Å². The number of alkyl halides is 3. The molecule has 7 heteroatoms. The van der Waals surface area contributed by atoms with Gasteiger partial charge in [0.15, 0.2) is 0 Å². The van der Waals surface area contributed by atoms with Crippen LogP contribution in [-0.2, 0) is 12.6 Å². The number of pyridine rings is 1. The average Bonchev–Trinajstić information content (AvgIpc) is 2.83. The third-order valence-corrected chi connectivity index (χ3v) is 7.76. The van der Waals surface area contributed by atoms with Crippen molar-refractivity contribution in [1.29, 1.82) is 0 Å². The summed E-state index contributed by atoms with van der Waals surface area (Å²) in [5.41, 5.74) is 4.12. The predicted molar refractivity (Wildman–Crippen MR) is 164 cm³/mol. The molecule has 0 aliphatic heterocycles. The minimum atomic E-state index is -4.42. The molecule has 2 atom stereocenters. The second-order valence-corrected chi connectivity index (χ2v) is 12.5. The van der Waals surface area contributed by atoms with Crippen molar-refractivity contribution in [3.05, 3.63) is 63.5 Å². The van der Waals surface area contributed by atoms with Gasteiger partial charge in [-0.25, -0.2) is 0 Å². The standard InChI is InChI=1S/C24H28F3NO2.C6H14.C2H6.CH4S/c1-13-19-17(11-23(2,3)12-18(19)29)28-21(14-5-4-6-14)20(13)22(30)15-7-9-16(10-8-15)24(25,26)27;1-5-6(2,3)4;2*1-2/h7-10,14,18,22,29-30H,4-6,11-12H2,1-3H3;5H2,1-4H3;1-2H3;2H,1H3. The highest BCUT2D eigenvalue weighted by atomic mass is 32.1. The van der Waals surface area contributed by atoms with Crippen molar-refractivity contribution in [1.82, 2.24) is 4.98 Å². The number of benzene rings is 1. The van der Waals surface area contributed by atoms with E-state index in [-0.39, 0.29) is 11.3 Å². The van der Waals surface area contributed by atoms with E-state index < -0.39 is 23.9 Å². The zero-order valence-corrected chi connectivity index (χ0v) is 27.1. The van der Waals surface area contributed by atoms with Gasteiger partial charge in [0.05, 0.1) is 17.4 Å². The Morgan fingerprint density at radius 2 is 1.55 bits per heavy atom. The molecule has 1 saturated carbocycles. The SMILES string of the molecule is CC.CCC(C)(C)C.CS.Cc1c2c(nc(C3CCC3)c1C(O)c1ccc(C(F)(F)F)cc1)CC(C)(C)CC2O. The fraction of sp³-hybridized carbons (Fsp3) is 0.667. The van der Waals surface area contributed by atoms with Crippen LogP contribution < -0.4 is 0 Å². The number of nitrogens with zero attached hydrogens (tertiary/aromatic N) is 1. The van der Waals surface area contributed by atoms with E-state index in [0.29, 0.717) is 23.0 Å². The number of aliphatic hydroxyl groups is 2. The molecule has 2 aliphatic rings. The fourth-order valence-electron chi connectivity index (χ4n) is 4.91. The van der Waals surface area contributed by atoms with Crippen LogP contribution in [0.5, 0.6) is 0 Å². The van der Waals surface area contributed by atoms with Crippen LogP contribution in [0.15, 0.2) is 24.3 Å². The van der Waals surface area contributed by atoms with Gasteiger partial charge in [-0.2, -0.15) is 25.8 Å². The van der Waals surface area contributed by atoms with Gasteiger partial charge in [-0.15, -0.1) is 0 Å². The molecule has 3 nitrogen and oxygen atoms in total. The highest BCUT2D eigenvalue weighted by Gasteiger charge is 2.38. The van der Waals surface area contributed by atoms with E-state index in [1.807, 2.05) is 20.8 Å². The molecule has 2 unspecified atom stereocenters. The summed E-state index contributed by atoms with van der Waals surface area (Å²) >= 11 is 3.53. The van der Waals surface area contributed by atoms with Crippen molar-refractivity contribution in [3.63, 3.8) is 0 Å². The maximum absolute atomic E-state index is 12.9. The lowest BCUT2D eigenvalue weighted by Gasteiger charge is -2.38. The Balaban J connectivity index is 0.000000700. The van der Waals surface area contributed by atoms with Crippen LogP contribution in [0.1, 0.15) is 145 Å². The van der Waals surface area contributed by atoms with Crippen LogP contribution in [0.2, 0.25) is 0 Å². The van der Waals surface area contributed by atoms with E-state index in [2.05, 4.69) is 54.2 Å². The van der Waals surface area contributed by atoms with E-state index in [0.717, 1.165) is 60.3 Å². The van der Waals surface area contributed by atoms with E-state index >= 15 is 0 Å². The molecular formula is C33H52F3NO2S. The molecule has 1 aromatic heterocycles. The second-order valence-electron chi connectivity index (χ2n) is 12.5. The first-order valence-electron chi connectivity index (χ1n) is 14.5. The summed E-state index contributed by atoms with van der Waals surface area (Å²) in [4.78, 5) is 4.95. The molecule has 228 valence electrons. The third kappa shape index (κ3) is 9.49. The molecule has 0 saturated heterocycles. The van der Waals surface area contributed by atoms with Crippen LogP contribution in [-0.4, -0.2) is 21.5 Å². The van der Waals surface area contributed by atoms with E-state index in [9.17, 15) is 23.4 Å². The maximum Gasteiger partial charge on any atom is 0.416 e. The number of halogens is 3. The molecule has 0 spiro atoms. The number of fused-ring (bicyclic) bond motifs is 1. The normalized spacial score (nSPS) is 18.9. The Labute approximate surface area is 246 Å². The summed E-state index contributed by atoms with van der Waals surface area (Å²) in [7, 11) is 0. The first kappa shape index (κ1) is 36.5. The summed E-state index contributed by atoms with van der Waals surface area (Å²) < 4.78 is 38.8. The number of hydrogen-bond acceptors (Lipinski definition) is 4. The van der Waals surface area contributed by atoms with Crippen LogP contribution in [0.25, 0.3) is 0 Å². The summed E-state index contributed by atoms with van der Waals surface area (Å²) in [5, 5.41) is 22.0. The fourth-order valence-corrected chi connectivity index (χ4v) is 4.91. The monoisotopic (exact) mass is 583 g/mol. The van der Waals surface area contributed by atoms with Gasteiger partial charge in [-0.1, -0.05) is 80.4 Å². The number of hydrogen-bond donors (Lipinski definition) is 3. The third-order valence-electron chi connectivity index (χ3n) is 7.76. The van der Waals surface area contributed by atoms with Gasteiger partial charge >= 0.3 is 6.18 Å². The zero-order chi connectivity index (χ0) is 31.1. The zero-order valence-electron chi connectivity index (χ0n) is 26.2. The summed E-state index contributed by atoms with van der Waals surface area (Å²) in [6.45, 7) is 19.1.